The highest BCUT2D eigenvalue weighted by Gasteiger charge is 2.30. The molecule has 1 fully saturated rings. The van der Waals surface area contributed by atoms with Crippen molar-refractivity contribution in [2.24, 2.45) is 0 Å². The Kier molecular flexibility index (Phi) is 3.19. The van der Waals surface area contributed by atoms with E-state index in [0.717, 1.165) is 6.42 Å². The molecular formula is C12H20N4O2. The number of nitrogens with two attached hydrogens (primary N) is 1. The number of carbonyl (C=O) groups is 1. The van der Waals surface area contributed by atoms with Gasteiger partial charge in [0.2, 0.25) is 0 Å². The summed E-state index contributed by atoms with van der Waals surface area (Å²) in [6.07, 6.45) is 2.46. The second-order valence-electron chi connectivity index (χ2n) is 5.59. The Balaban J connectivity index is 1.94. The van der Waals surface area contributed by atoms with Crippen LogP contribution in [0.4, 0.5) is 10.6 Å². The standard InChI is InChI=1S/C12H20N4O2/c1-12(2,3)18-11(17)15-6-4-9(8-15)16-7-5-10(13)14-16/h5,7,9H,4,6,8H2,1-3H3,(H2,13,14). The Morgan fingerprint density at radius 3 is 2.83 bits per heavy atom. The van der Waals surface area contributed by atoms with Gasteiger partial charge in [-0.15, -0.1) is 0 Å². The highest BCUT2D eigenvalue weighted by atomic mass is 16.6. The predicted molar refractivity (Wildman–Crippen MR) is 68.1 cm³/mol. The minimum absolute atomic E-state index is 0.190. The Hall–Kier alpha value is -1.72. The fourth-order valence-corrected chi connectivity index (χ4v) is 2.01. The van der Waals surface area contributed by atoms with Crippen molar-refractivity contribution in [3.63, 3.8) is 0 Å². The van der Waals surface area contributed by atoms with E-state index < -0.39 is 5.60 Å². The summed E-state index contributed by atoms with van der Waals surface area (Å²) in [5.74, 6) is 0.505. The van der Waals surface area contributed by atoms with Crippen LogP contribution in [0, 0.1) is 0 Å². The molecule has 1 unspecified atom stereocenters. The molecule has 0 spiro atoms. The summed E-state index contributed by atoms with van der Waals surface area (Å²) in [6.45, 7) is 6.92. The normalized spacial score (nSPS) is 20.2. The third kappa shape index (κ3) is 2.94. The minimum Gasteiger partial charge on any atom is -0.444 e. The number of amides is 1. The van der Waals surface area contributed by atoms with E-state index in [1.54, 1.807) is 11.0 Å². The molecule has 18 heavy (non-hydrogen) atoms. The summed E-state index contributed by atoms with van der Waals surface area (Å²) >= 11 is 0. The zero-order chi connectivity index (χ0) is 13.3. The molecular weight excluding hydrogens is 232 g/mol. The largest absolute Gasteiger partial charge is 0.444 e. The summed E-state index contributed by atoms with van der Waals surface area (Å²) in [5.41, 5.74) is 5.13. The molecule has 1 aromatic rings. The van der Waals surface area contributed by atoms with Crippen molar-refractivity contribution >= 4 is 11.9 Å². The average Bonchev–Trinajstić information content (AvgIpc) is 2.82. The number of ether oxygens (including phenoxy) is 1. The van der Waals surface area contributed by atoms with Crippen LogP contribution in [0.5, 0.6) is 0 Å². The second-order valence-corrected chi connectivity index (χ2v) is 5.59. The van der Waals surface area contributed by atoms with Crippen molar-refractivity contribution in [2.45, 2.75) is 38.8 Å². The van der Waals surface area contributed by atoms with E-state index in [1.807, 2.05) is 31.6 Å². The highest BCUT2D eigenvalue weighted by molar-refractivity contribution is 5.68. The van der Waals surface area contributed by atoms with Gasteiger partial charge in [-0.1, -0.05) is 0 Å². The third-order valence-corrected chi connectivity index (χ3v) is 2.82. The molecule has 1 aliphatic heterocycles. The van der Waals surface area contributed by atoms with Crippen LogP contribution in [0.1, 0.15) is 33.2 Å². The number of carbonyl (C=O) groups excluding carboxylic acids is 1. The lowest BCUT2D eigenvalue weighted by atomic mass is 10.2. The van der Waals surface area contributed by atoms with E-state index in [4.69, 9.17) is 10.5 Å². The van der Waals surface area contributed by atoms with Crippen molar-refractivity contribution in [2.75, 3.05) is 18.8 Å². The lowest BCUT2D eigenvalue weighted by Gasteiger charge is -2.24. The first-order valence-corrected chi connectivity index (χ1v) is 6.14. The maximum Gasteiger partial charge on any atom is 0.410 e. The van der Waals surface area contributed by atoms with Crippen molar-refractivity contribution < 1.29 is 9.53 Å². The molecule has 0 bridgehead atoms. The number of nitrogen functional groups attached to an aromatic ring is 1. The fraction of sp³-hybridized carbons (Fsp3) is 0.667. The van der Waals surface area contributed by atoms with Crippen molar-refractivity contribution in [1.82, 2.24) is 14.7 Å². The molecule has 0 aliphatic carbocycles. The van der Waals surface area contributed by atoms with Gasteiger partial charge in [-0.25, -0.2) is 4.79 Å². The van der Waals surface area contributed by atoms with E-state index in [0.29, 0.717) is 18.9 Å². The summed E-state index contributed by atoms with van der Waals surface area (Å²) in [6, 6.07) is 1.95. The van der Waals surface area contributed by atoms with E-state index in [2.05, 4.69) is 5.10 Å². The molecule has 6 heteroatoms. The summed E-state index contributed by atoms with van der Waals surface area (Å²) in [5, 5.41) is 4.18. The molecule has 1 saturated heterocycles. The molecule has 0 aromatic carbocycles. The molecule has 1 aromatic heterocycles. The Morgan fingerprint density at radius 2 is 2.28 bits per heavy atom. The Morgan fingerprint density at radius 1 is 1.56 bits per heavy atom. The lowest BCUT2D eigenvalue weighted by molar-refractivity contribution is 0.0288. The number of hydrogen-bond donors (Lipinski definition) is 1. The number of anilines is 1. The summed E-state index contributed by atoms with van der Waals surface area (Å²) < 4.78 is 7.16. The molecule has 0 saturated carbocycles. The van der Waals surface area contributed by atoms with Crippen molar-refractivity contribution in [3.8, 4) is 0 Å². The smallest absolute Gasteiger partial charge is 0.410 e. The van der Waals surface area contributed by atoms with E-state index >= 15 is 0 Å². The third-order valence-electron chi connectivity index (χ3n) is 2.82. The van der Waals surface area contributed by atoms with Crippen molar-refractivity contribution in [3.05, 3.63) is 12.3 Å². The van der Waals surface area contributed by atoms with Crippen LogP contribution < -0.4 is 5.73 Å². The van der Waals surface area contributed by atoms with Gasteiger partial charge in [0, 0.05) is 19.3 Å². The quantitative estimate of drug-likeness (QED) is 0.824. The first-order chi connectivity index (χ1) is 8.35. The van der Waals surface area contributed by atoms with E-state index in [-0.39, 0.29) is 12.1 Å². The minimum atomic E-state index is -0.453. The van der Waals surface area contributed by atoms with Gasteiger partial charge in [-0.05, 0) is 33.3 Å². The van der Waals surface area contributed by atoms with Gasteiger partial charge in [0.05, 0.1) is 6.04 Å². The molecule has 1 amide bonds. The Labute approximate surface area is 107 Å². The predicted octanol–water partition coefficient (Wildman–Crippen LogP) is 1.65. The van der Waals surface area contributed by atoms with Gasteiger partial charge in [0.1, 0.15) is 11.4 Å². The van der Waals surface area contributed by atoms with Gasteiger partial charge < -0.3 is 15.4 Å². The lowest BCUT2D eigenvalue weighted by Crippen LogP contribution is -2.35. The van der Waals surface area contributed by atoms with Gasteiger partial charge in [-0.3, -0.25) is 4.68 Å². The monoisotopic (exact) mass is 252 g/mol. The average molecular weight is 252 g/mol. The number of nitrogens with zero attached hydrogens (tertiary/aromatic N) is 3. The first-order valence-electron chi connectivity index (χ1n) is 6.14. The fourth-order valence-electron chi connectivity index (χ4n) is 2.01. The zero-order valence-electron chi connectivity index (χ0n) is 11.1. The molecule has 2 rings (SSSR count). The van der Waals surface area contributed by atoms with E-state index in [1.165, 1.54) is 0 Å². The summed E-state index contributed by atoms with van der Waals surface area (Å²) in [4.78, 5) is 13.6. The van der Waals surface area contributed by atoms with Crippen LogP contribution in [0.25, 0.3) is 0 Å². The number of rotatable bonds is 1. The van der Waals surface area contributed by atoms with Crippen molar-refractivity contribution in [1.29, 1.82) is 0 Å². The van der Waals surface area contributed by atoms with Crippen LogP contribution >= 0.6 is 0 Å². The number of likely N-dealkylation sites (tertiary alicyclic amines) is 1. The molecule has 2 N–H and O–H groups in total. The van der Waals surface area contributed by atoms with Crippen LogP contribution in [-0.2, 0) is 4.74 Å². The zero-order valence-corrected chi connectivity index (χ0v) is 11.1. The van der Waals surface area contributed by atoms with Crippen LogP contribution in [0.3, 0.4) is 0 Å². The van der Waals surface area contributed by atoms with Gasteiger partial charge in [-0.2, -0.15) is 5.10 Å². The maximum atomic E-state index is 11.9. The van der Waals surface area contributed by atoms with Crippen LogP contribution in [-0.4, -0.2) is 39.5 Å². The molecule has 0 radical (unpaired) electrons. The summed E-state index contributed by atoms with van der Waals surface area (Å²) in [7, 11) is 0. The maximum absolute atomic E-state index is 11.9. The van der Waals surface area contributed by atoms with Gasteiger partial charge >= 0.3 is 6.09 Å². The first kappa shape index (κ1) is 12.7. The van der Waals surface area contributed by atoms with Crippen LogP contribution in [0.2, 0.25) is 0 Å². The molecule has 6 nitrogen and oxygen atoms in total. The molecule has 1 atom stereocenters. The highest BCUT2D eigenvalue weighted by Crippen LogP contribution is 2.23. The second kappa shape index (κ2) is 4.51. The van der Waals surface area contributed by atoms with Gasteiger partial charge in [0.25, 0.3) is 0 Å². The molecule has 2 heterocycles. The molecule has 1 aliphatic rings. The van der Waals surface area contributed by atoms with Gasteiger partial charge in [0.15, 0.2) is 0 Å². The number of aromatic nitrogens is 2. The number of hydrogen-bond acceptors (Lipinski definition) is 4. The topological polar surface area (TPSA) is 73.4 Å². The molecule has 100 valence electrons. The van der Waals surface area contributed by atoms with E-state index in [9.17, 15) is 4.79 Å². The SMILES string of the molecule is CC(C)(C)OC(=O)N1CCC(n2ccc(N)n2)C1. The Bertz CT molecular complexity index is 436. The van der Waals surface area contributed by atoms with Crippen LogP contribution in [0.15, 0.2) is 12.3 Å².